The summed E-state index contributed by atoms with van der Waals surface area (Å²) in [5.41, 5.74) is 9.36. The summed E-state index contributed by atoms with van der Waals surface area (Å²) >= 11 is 3.42. The fourth-order valence-corrected chi connectivity index (χ4v) is 5.50. The molecule has 1 amide bonds. The van der Waals surface area contributed by atoms with Gasteiger partial charge in [0, 0.05) is 21.4 Å². The molecule has 7 aromatic rings. The van der Waals surface area contributed by atoms with E-state index in [-0.39, 0.29) is 5.91 Å². The molecule has 0 aromatic heterocycles. The van der Waals surface area contributed by atoms with Gasteiger partial charge in [0.05, 0.1) is 0 Å². The third-order valence-corrected chi connectivity index (χ3v) is 8.17. The van der Waals surface area contributed by atoms with Gasteiger partial charge >= 0.3 is 0 Å². The number of hydrogen-bond acceptors (Lipinski definition) is 1. The summed E-state index contributed by atoms with van der Waals surface area (Å²) in [6.07, 6.45) is 0. The first-order chi connectivity index (χ1) is 22.7. The third kappa shape index (κ3) is 7.58. The largest absolute Gasteiger partial charge is 0.277 e. The van der Waals surface area contributed by atoms with Gasteiger partial charge in [0.2, 0.25) is 0 Å². The Morgan fingerprint density at radius 3 is 0.978 bits per heavy atom. The van der Waals surface area contributed by atoms with E-state index in [1.54, 1.807) is 4.90 Å². The Labute approximate surface area is 279 Å². The molecule has 222 valence electrons. The number of carbonyl (C=O) groups excluding carboxylic acids is 1. The van der Waals surface area contributed by atoms with Crippen molar-refractivity contribution in [2.45, 2.75) is 0 Å². The number of nitrogens with zero attached hydrogens (tertiary/aromatic N) is 1. The van der Waals surface area contributed by atoms with Crippen molar-refractivity contribution in [2.24, 2.45) is 0 Å². The Kier molecular flexibility index (Phi) is 9.94. The van der Waals surface area contributed by atoms with Crippen LogP contribution in [0.3, 0.4) is 0 Å². The monoisotopic (exact) mass is 657 g/mol. The molecule has 7 aromatic carbocycles. The van der Waals surface area contributed by atoms with Gasteiger partial charge in [0.1, 0.15) is 0 Å². The smallest absolute Gasteiger partial charge is 0.262 e. The van der Waals surface area contributed by atoms with Crippen molar-refractivity contribution in [1.29, 1.82) is 0 Å². The molecular formula is C43H32BrNO. The number of halogens is 1. The van der Waals surface area contributed by atoms with Crippen molar-refractivity contribution in [3.05, 3.63) is 204 Å². The second-order valence-electron chi connectivity index (χ2n) is 10.7. The highest BCUT2D eigenvalue weighted by Crippen LogP contribution is 2.32. The molecule has 0 unspecified atom stereocenters. The average molecular weight is 659 g/mol. The van der Waals surface area contributed by atoms with Gasteiger partial charge in [-0.3, -0.25) is 9.69 Å². The minimum absolute atomic E-state index is 0.0597. The normalized spacial score (nSPS) is 10.4. The maximum absolute atomic E-state index is 13.6. The molecule has 0 aliphatic rings. The van der Waals surface area contributed by atoms with E-state index in [4.69, 9.17) is 0 Å². The van der Waals surface area contributed by atoms with Gasteiger partial charge in [-0.05, 0) is 81.9 Å². The lowest BCUT2D eigenvalue weighted by atomic mass is 10.0. The van der Waals surface area contributed by atoms with Gasteiger partial charge in [-0.2, -0.15) is 0 Å². The first kappa shape index (κ1) is 30.5. The van der Waals surface area contributed by atoms with Crippen molar-refractivity contribution in [3.63, 3.8) is 0 Å². The molecule has 0 spiro atoms. The molecule has 0 bridgehead atoms. The molecular weight excluding hydrogens is 626 g/mol. The quantitative estimate of drug-likeness (QED) is 0.174. The fourth-order valence-electron chi connectivity index (χ4n) is 5.23. The van der Waals surface area contributed by atoms with Crippen LogP contribution in [0, 0.1) is 0 Å². The number of hydrogen-bond donors (Lipinski definition) is 0. The molecule has 0 saturated heterocycles. The SMILES string of the molecule is Brc1ccc(-c2ccccc2)cc1.O=C(c1ccccc1)N(c1ccc(-c2ccccc2)cc1)c1ccc(-c2ccccc2)cc1. The summed E-state index contributed by atoms with van der Waals surface area (Å²) < 4.78 is 1.12. The molecule has 7 rings (SSSR count). The molecule has 0 N–H and O–H groups in total. The van der Waals surface area contributed by atoms with Crippen LogP contribution in [-0.4, -0.2) is 5.91 Å². The lowest BCUT2D eigenvalue weighted by molar-refractivity contribution is 0.0999. The molecule has 0 radical (unpaired) electrons. The summed E-state index contributed by atoms with van der Waals surface area (Å²) in [4.78, 5) is 15.4. The predicted molar refractivity (Wildman–Crippen MR) is 196 cm³/mol. The van der Waals surface area contributed by atoms with Gasteiger partial charge in [0.25, 0.3) is 5.91 Å². The van der Waals surface area contributed by atoms with Gasteiger partial charge < -0.3 is 0 Å². The number of anilines is 2. The minimum atomic E-state index is -0.0597. The van der Waals surface area contributed by atoms with Crippen LogP contribution in [0.4, 0.5) is 11.4 Å². The van der Waals surface area contributed by atoms with Crippen LogP contribution in [-0.2, 0) is 0 Å². The van der Waals surface area contributed by atoms with E-state index in [1.807, 2.05) is 97.1 Å². The Morgan fingerprint density at radius 2 is 0.630 bits per heavy atom. The molecule has 3 heteroatoms. The van der Waals surface area contributed by atoms with Crippen LogP contribution in [0.2, 0.25) is 0 Å². The van der Waals surface area contributed by atoms with Gasteiger partial charge in [-0.1, -0.05) is 162 Å². The maximum Gasteiger partial charge on any atom is 0.262 e. The van der Waals surface area contributed by atoms with Crippen molar-refractivity contribution in [3.8, 4) is 33.4 Å². The number of carbonyl (C=O) groups is 1. The van der Waals surface area contributed by atoms with Crippen LogP contribution in [0.15, 0.2) is 199 Å². The molecule has 0 saturated carbocycles. The fraction of sp³-hybridized carbons (Fsp3) is 0. The Morgan fingerprint density at radius 1 is 0.348 bits per heavy atom. The second-order valence-corrected chi connectivity index (χ2v) is 11.6. The summed E-state index contributed by atoms with van der Waals surface area (Å²) in [5, 5.41) is 0. The van der Waals surface area contributed by atoms with E-state index >= 15 is 0 Å². The molecule has 0 aliphatic carbocycles. The third-order valence-electron chi connectivity index (χ3n) is 7.64. The zero-order valence-electron chi connectivity index (χ0n) is 25.2. The highest BCUT2D eigenvalue weighted by Gasteiger charge is 2.20. The molecule has 0 atom stereocenters. The van der Waals surface area contributed by atoms with Gasteiger partial charge in [-0.15, -0.1) is 0 Å². The number of amides is 1. The topological polar surface area (TPSA) is 20.3 Å². The molecule has 0 heterocycles. The van der Waals surface area contributed by atoms with Crippen LogP contribution < -0.4 is 4.90 Å². The first-order valence-corrected chi connectivity index (χ1v) is 16.0. The number of rotatable bonds is 6. The van der Waals surface area contributed by atoms with E-state index in [0.29, 0.717) is 5.56 Å². The summed E-state index contributed by atoms with van der Waals surface area (Å²) in [5.74, 6) is -0.0597. The summed E-state index contributed by atoms with van der Waals surface area (Å²) in [7, 11) is 0. The lowest BCUT2D eigenvalue weighted by Gasteiger charge is -2.24. The predicted octanol–water partition coefficient (Wildman–Crippen LogP) is 12.1. The van der Waals surface area contributed by atoms with E-state index in [2.05, 4.69) is 113 Å². The van der Waals surface area contributed by atoms with Crippen LogP contribution in [0.25, 0.3) is 33.4 Å². The second kappa shape index (κ2) is 15.0. The summed E-state index contributed by atoms with van der Waals surface area (Å²) in [6, 6.07) is 64.9. The Hall–Kier alpha value is -5.51. The van der Waals surface area contributed by atoms with Crippen molar-refractivity contribution in [2.75, 3.05) is 4.90 Å². The maximum atomic E-state index is 13.6. The van der Waals surface area contributed by atoms with E-state index < -0.39 is 0 Å². The van der Waals surface area contributed by atoms with Gasteiger partial charge in [0.15, 0.2) is 0 Å². The average Bonchev–Trinajstić information content (AvgIpc) is 3.14. The number of benzene rings is 7. The van der Waals surface area contributed by atoms with Gasteiger partial charge in [-0.25, -0.2) is 0 Å². The van der Waals surface area contributed by atoms with Crippen LogP contribution in [0.5, 0.6) is 0 Å². The summed E-state index contributed by atoms with van der Waals surface area (Å²) in [6.45, 7) is 0. The van der Waals surface area contributed by atoms with Crippen molar-refractivity contribution < 1.29 is 4.79 Å². The molecule has 2 nitrogen and oxygen atoms in total. The first-order valence-electron chi connectivity index (χ1n) is 15.2. The van der Waals surface area contributed by atoms with E-state index in [9.17, 15) is 4.79 Å². The van der Waals surface area contributed by atoms with E-state index in [0.717, 1.165) is 38.1 Å². The Balaban J connectivity index is 0.000000238. The highest BCUT2D eigenvalue weighted by atomic mass is 79.9. The van der Waals surface area contributed by atoms with Crippen LogP contribution in [0.1, 0.15) is 10.4 Å². The van der Waals surface area contributed by atoms with Crippen molar-refractivity contribution >= 4 is 33.2 Å². The Bertz CT molecular complexity index is 1870. The molecule has 0 fully saturated rings. The zero-order valence-corrected chi connectivity index (χ0v) is 26.8. The van der Waals surface area contributed by atoms with Crippen LogP contribution >= 0.6 is 15.9 Å². The molecule has 0 aliphatic heterocycles. The highest BCUT2D eigenvalue weighted by molar-refractivity contribution is 9.10. The standard InChI is InChI=1S/C31H23NO.C12H9Br/c33-31(28-14-8-3-9-15-28)32(29-20-16-26(17-21-29)24-10-4-1-5-11-24)30-22-18-27(19-23-30)25-12-6-2-7-13-25;13-12-8-6-11(7-9-12)10-4-2-1-3-5-10/h1-23H;1-9H. The molecule has 46 heavy (non-hydrogen) atoms. The van der Waals surface area contributed by atoms with Crippen molar-refractivity contribution in [1.82, 2.24) is 0 Å². The van der Waals surface area contributed by atoms with E-state index in [1.165, 1.54) is 11.1 Å². The zero-order chi connectivity index (χ0) is 31.6. The lowest BCUT2D eigenvalue weighted by Crippen LogP contribution is -2.25. The minimum Gasteiger partial charge on any atom is -0.277 e.